The number of ether oxygens (including phenoxy) is 1. The average Bonchev–Trinajstić information content (AvgIpc) is 3.30. The summed E-state index contributed by atoms with van der Waals surface area (Å²) in [4.78, 5) is 18.8. The van der Waals surface area contributed by atoms with Gasteiger partial charge in [-0.25, -0.2) is 0 Å². The molecule has 0 N–H and O–H groups in total. The molecule has 138 valence electrons. The van der Waals surface area contributed by atoms with Gasteiger partial charge in [-0.15, -0.1) is 0 Å². The summed E-state index contributed by atoms with van der Waals surface area (Å²) in [5.74, 6) is 1.84. The van der Waals surface area contributed by atoms with Crippen LogP contribution in [0.1, 0.15) is 30.7 Å². The van der Waals surface area contributed by atoms with Gasteiger partial charge >= 0.3 is 0 Å². The first kappa shape index (κ1) is 17.3. The van der Waals surface area contributed by atoms with E-state index >= 15 is 0 Å². The lowest BCUT2D eigenvalue weighted by molar-refractivity contribution is -0.117. The Labute approximate surface area is 157 Å². The van der Waals surface area contributed by atoms with E-state index in [-0.39, 0.29) is 11.8 Å². The molecule has 3 aromatic rings. The highest BCUT2D eigenvalue weighted by atomic mass is 16.5. The molecule has 1 aromatic heterocycles. The first-order valence-electron chi connectivity index (χ1n) is 9.08. The minimum atomic E-state index is -0.0768. The summed E-state index contributed by atoms with van der Waals surface area (Å²) in [6, 6.07) is 15.5. The Hall–Kier alpha value is -3.15. The highest BCUT2D eigenvalue weighted by molar-refractivity contribution is 5.96. The lowest BCUT2D eigenvalue weighted by atomic mass is 10.1. The van der Waals surface area contributed by atoms with E-state index in [1.165, 1.54) is 5.56 Å². The van der Waals surface area contributed by atoms with Crippen molar-refractivity contribution in [1.29, 1.82) is 0 Å². The van der Waals surface area contributed by atoms with Crippen LogP contribution >= 0.6 is 0 Å². The molecule has 1 fully saturated rings. The average molecular weight is 363 g/mol. The third-order valence-corrected chi connectivity index (χ3v) is 4.69. The Bertz CT molecular complexity index is 932. The number of nitrogens with zero attached hydrogens (tertiary/aromatic N) is 3. The van der Waals surface area contributed by atoms with Gasteiger partial charge in [-0.1, -0.05) is 22.9 Å². The first-order valence-corrected chi connectivity index (χ1v) is 9.08. The Morgan fingerprint density at radius 3 is 2.59 bits per heavy atom. The number of rotatable bonds is 5. The number of hydrogen-bond donors (Lipinski definition) is 0. The molecule has 0 bridgehead atoms. The second-order valence-electron chi connectivity index (χ2n) is 6.66. The van der Waals surface area contributed by atoms with E-state index in [4.69, 9.17) is 9.26 Å². The van der Waals surface area contributed by atoms with E-state index in [1.807, 2.05) is 62.4 Å². The molecule has 2 aromatic carbocycles. The molecule has 1 amide bonds. The number of carbonyl (C=O) groups is 1. The van der Waals surface area contributed by atoms with Gasteiger partial charge in [0.2, 0.25) is 5.91 Å². The van der Waals surface area contributed by atoms with Crippen molar-refractivity contribution in [3.8, 4) is 17.2 Å². The molecule has 0 saturated carbocycles. The Morgan fingerprint density at radius 2 is 1.89 bits per heavy atom. The minimum absolute atomic E-state index is 0.0610. The highest BCUT2D eigenvalue weighted by Crippen LogP contribution is 2.32. The second kappa shape index (κ2) is 7.23. The van der Waals surface area contributed by atoms with Crippen LogP contribution in [0.4, 0.5) is 5.69 Å². The SMILES string of the molecule is CCOc1ccc(N2CC(c3noc(-c4ccc(C)cc4)n3)CC2=O)cc1. The van der Waals surface area contributed by atoms with Crippen LogP contribution < -0.4 is 9.64 Å². The van der Waals surface area contributed by atoms with Gasteiger partial charge in [-0.3, -0.25) is 4.79 Å². The third kappa shape index (κ3) is 3.56. The molecule has 1 saturated heterocycles. The standard InChI is InChI=1S/C21H21N3O3/c1-3-26-18-10-8-17(9-11-18)24-13-16(12-19(24)25)20-22-21(27-23-20)15-6-4-14(2)5-7-15/h4-11,16H,3,12-13H2,1-2H3. The minimum Gasteiger partial charge on any atom is -0.494 e. The summed E-state index contributed by atoms with van der Waals surface area (Å²) < 4.78 is 10.9. The number of aryl methyl sites for hydroxylation is 1. The van der Waals surface area contributed by atoms with Crippen LogP contribution in [0.2, 0.25) is 0 Å². The molecule has 1 aliphatic rings. The lowest BCUT2D eigenvalue weighted by Gasteiger charge is -2.16. The molecule has 6 heteroatoms. The van der Waals surface area contributed by atoms with Gasteiger partial charge < -0.3 is 14.2 Å². The van der Waals surface area contributed by atoms with Crippen molar-refractivity contribution in [3.63, 3.8) is 0 Å². The van der Waals surface area contributed by atoms with Gasteiger partial charge in [-0.2, -0.15) is 4.98 Å². The molecule has 1 unspecified atom stereocenters. The predicted molar refractivity (Wildman–Crippen MR) is 102 cm³/mol. The van der Waals surface area contributed by atoms with Crippen molar-refractivity contribution in [2.45, 2.75) is 26.2 Å². The molecule has 1 atom stereocenters. The number of benzene rings is 2. The molecule has 0 radical (unpaired) electrons. The highest BCUT2D eigenvalue weighted by Gasteiger charge is 2.34. The zero-order chi connectivity index (χ0) is 18.8. The van der Waals surface area contributed by atoms with E-state index in [2.05, 4.69) is 10.1 Å². The van der Waals surface area contributed by atoms with Crippen molar-refractivity contribution in [2.75, 3.05) is 18.1 Å². The molecule has 0 aliphatic carbocycles. The second-order valence-corrected chi connectivity index (χ2v) is 6.66. The summed E-state index contributed by atoms with van der Waals surface area (Å²) in [5, 5.41) is 4.11. The van der Waals surface area contributed by atoms with Crippen molar-refractivity contribution in [1.82, 2.24) is 10.1 Å². The maximum atomic E-state index is 12.5. The monoisotopic (exact) mass is 363 g/mol. The van der Waals surface area contributed by atoms with E-state index in [1.54, 1.807) is 4.90 Å². The van der Waals surface area contributed by atoms with E-state index < -0.39 is 0 Å². The molecule has 4 rings (SSSR count). The molecule has 6 nitrogen and oxygen atoms in total. The zero-order valence-corrected chi connectivity index (χ0v) is 15.4. The molecule has 0 spiro atoms. The lowest BCUT2D eigenvalue weighted by Crippen LogP contribution is -2.24. The van der Waals surface area contributed by atoms with Crippen LogP contribution in [0.5, 0.6) is 5.75 Å². The van der Waals surface area contributed by atoms with E-state index in [0.717, 1.165) is 17.0 Å². The van der Waals surface area contributed by atoms with E-state index in [9.17, 15) is 4.79 Å². The fourth-order valence-electron chi connectivity index (χ4n) is 3.23. The maximum absolute atomic E-state index is 12.5. The summed E-state index contributed by atoms with van der Waals surface area (Å²) in [5.41, 5.74) is 2.91. The van der Waals surface area contributed by atoms with Crippen LogP contribution in [-0.2, 0) is 4.79 Å². The van der Waals surface area contributed by atoms with Crippen molar-refractivity contribution in [2.24, 2.45) is 0 Å². The Balaban J connectivity index is 1.50. The van der Waals surface area contributed by atoms with Gasteiger partial charge in [0, 0.05) is 30.1 Å². The number of carbonyl (C=O) groups excluding carboxylic acids is 1. The summed E-state index contributed by atoms with van der Waals surface area (Å²) in [6.07, 6.45) is 0.375. The van der Waals surface area contributed by atoms with E-state index in [0.29, 0.717) is 31.3 Å². The topological polar surface area (TPSA) is 68.5 Å². The molecular formula is C21H21N3O3. The van der Waals surface area contributed by atoms with Crippen molar-refractivity contribution in [3.05, 3.63) is 59.9 Å². The first-order chi connectivity index (χ1) is 13.1. The van der Waals surface area contributed by atoms with Crippen LogP contribution in [-0.4, -0.2) is 29.2 Å². The fourth-order valence-corrected chi connectivity index (χ4v) is 3.23. The third-order valence-electron chi connectivity index (χ3n) is 4.69. The van der Waals surface area contributed by atoms with Crippen LogP contribution in [0.25, 0.3) is 11.5 Å². The normalized spacial score (nSPS) is 16.7. The molecular weight excluding hydrogens is 342 g/mol. The summed E-state index contributed by atoms with van der Waals surface area (Å²) in [7, 11) is 0. The predicted octanol–water partition coefficient (Wildman–Crippen LogP) is 3.96. The van der Waals surface area contributed by atoms with Crippen LogP contribution in [0.3, 0.4) is 0 Å². The van der Waals surface area contributed by atoms with Gasteiger partial charge in [-0.05, 0) is 50.2 Å². The van der Waals surface area contributed by atoms with Crippen LogP contribution in [0.15, 0.2) is 53.1 Å². The van der Waals surface area contributed by atoms with Crippen molar-refractivity contribution < 1.29 is 14.1 Å². The zero-order valence-electron chi connectivity index (χ0n) is 15.4. The smallest absolute Gasteiger partial charge is 0.257 e. The maximum Gasteiger partial charge on any atom is 0.257 e. The van der Waals surface area contributed by atoms with Gasteiger partial charge in [0.25, 0.3) is 5.89 Å². The molecule has 27 heavy (non-hydrogen) atoms. The molecule has 1 aliphatic heterocycles. The van der Waals surface area contributed by atoms with Crippen LogP contribution in [0, 0.1) is 6.92 Å². The largest absolute Gasteiger partial charge is 0.494 e. The summed E-state index contributed by atoms with van der Waals surface area (Å²) in [6.45, 7) is 5.13. The van der Waals surface area contributed by atoms with Gasteiger partial charge in [0.15, 0.2) is 5.82 Å². The number of hydrogen-bond acceptors (Lipinski definition) is 5. The van der Waals surface area contributed by atoms with Crippen molar-refractivity contribution >= 4 is 11.6 Å². The number of aromatic nitrogens is 2. The van der Waals surface area contributed by atoms with Gasteiger partial charge in [0.1, 0.15) is 5.75 Å². The Morgan fingerprint density at radius 1 is 1.15 bits per heavy atom. The number of amides is 1. The number of anilines is 1. The summed E-state index contributed by atoms with van der Waals surface area (Å²) >= 11 is 0. The van der Waals surface area contributed by atoms with Gasteiger partial charge in [0.05, 0.1) is 6.61 Å². The fraction of sp³-hybridized carbons (Fsp3) is 0.286. The molecule has 2 heterocycles. The Kier molecular flexibility index (Phi) is 4.62. The quantitative estimate of drug-likeness (QED) is 0.686.